The van der Waals surface area contributed by atoms with E-state index in [9.17, 15) is 24.0 Å². The van der Waals surface area contributed by atoms with Crippen LogP contribution in [0.3, 0.4) is 0 Å². The van der Waals surface area contributed by atoms with Gasteiger partial charge in [0.1, 0.15) is 11.4 Å². The van der Waals surface area contributed by atoms with Crippen molar-refractivity contribution in [1.82, 2.24) is 10.2 Å². The molecule has 1 saturated heterocycles. The third kappa shape index (κ3) is 4.32. The number of nitrogens with one attached hydrogen (secondary N) is 1. The molecule has 1 aliphatic rings. The first-order valence-electron chi connectivity index (χ1n) is 7.92. The fourth-order valence-corrected chi connectivity index (χ4v) is 3.25. The zero-order valence-corrected chi connectivity index (χ0v) is 14.7. The molecule has 0 bridgehead atoms. The Kier molecular flexibility index (Phi) is 5.51. The quantitative estimate of drug-likeness (QED) is 0.481. The predicted molar refractivity (Wildman–Crippen MR) is 96.8 cm³/mol. The van der Waals surface area contributed by atoms with Gasteiger partial charge < -0.3 is 10.5 Å². The largest absolute Gasteiger partial charge is 0.619 e. The van der Waals surface area contributed by atoms with Crippen molar-refractivity contribution in [3.05, 3.63) is 75.8 Å². The lowest BCUT2D eigenvalue weighted by molar-refractivity contribution is -0.605. The molecule has 1 aromatic carbocycles. The van der Waals surface area contributed by atoms with E-state index in [0.29, 0.717) is 4.73 Å². The summed E-state index contributed by atoms with van der Waals surface area (Å²) < 4.78 is 14.2. The second kappa shape index (κ2) is 8.00. The lowest BCUT2D eigenvalue weighted by atomic mass is 10.2. The number of pyridine rings is 1. The molecule has 0 unspecified atom stereocenters. The molecule has 1 aromatic heterocycles. The molecule has 0 atom stereocenters. The van der Waals surface area contributed by atoms with Crippen molar-refractivity contribution in [3.63, 3.8) is 0 Å². The van der Waals surface area contributed by atoms with E-state index in [-0.39, 0.29) is 29.1 Å². The van der Waals surface area contributed by atoms with Crippen molar-refractivity contribution in [2.75, 3.05) is 13.1 Å². The van der Waals surface area contributed by atoms with E-state index in [1.165, 1.54) is 42.6 Å². The van der Waals surface area contributed by atoms with Crippen molar-refractivity contribution >= 4 is 34.9 Å². The van der Waals surface area contributed by atoms with Crippen LogP contribution in [-0.4, -0.2) is 35.0 Å². The Morgan fingerprint density at radius 1 is 1.26 bits per heavy atom. The van der Waals surface area contributed by atoms with Crippen molar-refractivity contribution in [3.8, 4) is 0 Å². The van der Waals surface area contributed by atoms with Crippen molar-refractivity contribution in [1.29, 1.82) is 0 Å². The van der Waals surface area contributed by atoms with Gasteiger partial charge in [-0.1, -0.05) is 18.2 Å². The monoisotopic (exact) mass is 387 g/mol. The number of carbonyl (C=O) groups excluding carboxylic acids is 3. The number of hydrogen-bond donors (Lipinski definition) is 1. The van der Waals surface area contributed by atoms with Crippen molar-refractivity contribution < 1.29 is 23.5 Å². The Bertz CT molecular complexity index is 948. The van der Waals surface area contributed by atoms with Gasteiger partial charge in [-0.15, -0.1) is 0 Å². The third-order valence-corrected chi connectivity index (χ3v) is 4.63. The topological polar surface area (TPSA) is 93.4 Å². The number of amides is 3. The molecule has 2 aromatic rings. The first-order chi connectivity index (χ1) is 13.0. The number of aromatic nitrogens is 1. The summed E-state index contributed by atoms with van der Waals surface area (Å²) >= 11 is 0.717. The second-order valence-corrected chi connectivity index (χ2v) is 6.56. The number of rotatable bonds is 5. The number of benzene rings is 1. The number of thioether (sulfide) groups is 1. The number of imide groups is 1. The minimum absolute atomic E-state index is 0.0254. The van der Waals surface area contributed by atoms with Crippen LogP contribution in [0.2, 0.25) is 0 Å². The van der Waals surface area contributed by atoms with Crippen molar-refractivity contribution in [2.24, 2.45) is 0 Å². The number of halogens is 1. The van der Waals surface area contributed by atoms with Gasteiger partial charge in [-0.05, 0) is 30.0 Å². The molecule has 0 radical (unpaired) electrons. The molecule has 27 heavy (non-hydrogen) atoms. The zero-order valence-electron chi connectivity index (χ0n) is 13.9. The Balaban J connectivity index is 1.61. The standard InChI is InChI=1S/C18H14FN3O4S/c19-14-6-2-1-4-12(14)10-15-17(24)22(18(25)27-15)9-7-20-16(23)13-5-3-8-21(26)11-13/h1-6,8,10-11H,7,9H2,(H,20,23)/b15-10-. The van der Waals surface area contributed by atoms with Crippen LogP contribution in [0.5, 0.6) is 0 Å². The van der Waals surface area contributed by atoms with E-state index >= 15 is 0 Å². The smallest absolute Gasteiger partial charge is 0.293 e. The summed E-state index contributed by atoms with van der Waals surface area (Å²) in [5.74, 6) is -1.52. The SMILES string of the molecule is O=C(NCCN1C(=O)S/C(=C\c2ccccc2F)C1=O)c1ccc[n+]([O-])c1. The highest BCUT2D eigenvalue weighted by molar-refractivity contribution is 8.18. The van der Waals surface area contributed by atoms with Gasteiger partial charge in [-0.2, -0.15) is 4.73 Å². The van der Waals surface area contributed by atoms with E-state index < -0.39 is 22.9 Å². The summed E-state index contributed by atoms with van der Waals surface area (Å²) in [6.07, 6.45) is 3.70. The summed E-state index contributed by atoms with van der Waals surface area (Å²) in [7, 11) is 0. The maximum Gasteiger partial charge on any atom is 0.293 e. The lowest BCUT2D eigenvalue weighted by Gasteiger charge is -2.12. The summed E-state index contributed by atoms with van der Waals surface area (Å²) in [6.45, 7) is -0.00711. The Labute approximate surface area is 158 Å². The molecule has 0 aliphatic carbocycles. The molecule has 0 spiro atoms. The predicted octanol–water partition coefficient (Wildman–Crippen LogP) is 1.93. The molecule has 138 valence electrons. The summed E-state index contributed by atoms with van der Waals surface area (Å²) in [5, 5.41) is 13.2. The highest BCUT2D eigenvalue weighted by Gasteiger charge is 2.34. The second-order valence-electron chi connectivity index (χ2n) is 5.56. The van der Waals surface area contributed by atoms with Crippen LogP contribution in [0, 0.1) is 11.0 Å². The van der Waals surface area contributed by atoms with Crippen molar-refractivity contribution in [2.45, 2.75) is 0 Å². The zero-order chi connectivity index (χ0) is 19.4. The van der Waals surface area contributed by atoms with Gasteiger partial charge in [0.15, 0.2) is 12.4 Å². The van der Waals surface area contributed by atoms with Crippen LogP contribution < -0.4 is 10.0 Å². The van der Waals surface area contributed by atoms with Crippen LogP contribution in [-0.2, 0) is 4.79 Å². The van der Waals surface area contributed by atoms with E-state index in [2.05, 4.69) is 5.32 Å². The van der Waals surface area contributed by atoms with Crippen LogP contribution in [0.1, 0.15) is 15.9 Å². The third-order valence-electron chi connectivity index (χ3n) is 3.72. The Morgan fingerprint density at radius 3 is 2.78 bits per heavy atom. The van der Waals surface area contributed by atoms with Gasteiger partial charge in [0.25, 0.3) is 17.1 Å². The fourth-order valence-electron chi connectivity index (χ4n) is 2.40. The van der Waals surface area contributed by atoms with Crippen LogP contribution in [0.15, 0.2) is 53.7 Å². The van der Waals surface area contributed by atoms with Gasteiger partial charge in [0, 0.05) is 24.7 Å². The van der Waals surface area contributed by atoms with Crippen LogP contribution >= 0.6 is 11.8 Å². The molecular formula is C18H14FN3O4S. The molecule has 2 heterocycles. The molecule has 1 aliphatic heterocycles. The highest BCUT2D eigenvalue weighted by Crippen LogP contribution is 2.32. The molecular weight excluding hydrogens is 373 g/mol. The number of nitrogens with zero attached hydrogens (tertiary/aromatic N) is 2. The summed E-state index contributed by atoms with van der Waals surface area (Å²) in [6, 6.07) is 8.84. The minimum atomic E-state index is -0.542. The van der Waals surface area contributed by atoms with E-state index in [0.717, 1.165) is 22.9 Å². The molecule has 3 amide bonds. The average Bonchev–Trinajstić information content (AvgIpc) is 2.91. The maximum atomic E-state index is 13.7. The van der Waals surface area contributed by atoms with Crippen LogP contribution in [0.4, 0.5) is 9.18 Å². The first-order valence-corrected chi connectivity index (χ1v) is 8.74. The van der Waals surface area contributed by atoms with Gasteiger partial charge in [-0.25, -0.2) is 4.39 Å². The first kappa shape index (κ1) is 18.6. The van der Waals surface area contributed by atoms with Gasteiger partial charge >= 0.3 is 0 Å². The van der Waals surface area contributed by atoms with Gasteiger partial charge in [-0.3, -0.25) is 19.3 Å². The number of hydrogen-bond acceptors (Lipinski definition) is 5. The molecule has 9 heteroatoms. The Hall–Kier alpha value is -3.20. The fraction of sp³-hybridized carbons (Fsp3) is 0.111. The minimum Gasteiger partial charge on any atom is -0.619 e. The number of carbonyl (C=O) groups is 3. The summed E-state index contributed by atoms with van der Waals surface area (Å²) in [4.78, 5) is 37.5. The van der Waals surface area contributed by atoms with E-state index in [4.69, 9.17) is 0 Å². The van der Waals surface area contributed by atoms with E-state index in [1.807, 2.05) is 0 Å². The Morgan fingerprint density at radius 2 is 2.04 bits per heavy atom. The van der Waals surface area contributed by atoms with E-state index in [1.54, 1.807) is 6.07 Å². The van der Waals surface area contributed by atoms with Crippen LogP contribution in [0.25, 0.3) is 6.08 Å². The average molecular weight is 387 g/mol. The molecule has 1 N–H and O–H groups in total. The van der Waals surface area contributed by atoms with Gasteiger partial charge in [0.2, 0.25) is 0 Å². The van der Waals surface area contributed by atoms with Gasteiger partial charge in [0.05, 0.1) is 4.91 Å². The highest BCUT2D eigenvalue weighted by atomic mass is 32.2. The molecule has 7 nitrogen and oxygen atoms in total. The lowest BCUT2D eigenvalue weighted by Crippen LogP contribution is -2.38. The maximum absolute atomic E-state index is 13.7. The molecule has 0 saturated carbocycles. The molecule has 1 fully saturated rings. The molecule has 3 rings (SSSR count). The summed E-state index contributed by atoms with van der Waals surface area (Å²) in [5.41, 5.74) is 0.382. The normalized spacial score (nSPS) is 15.4.